The molecule has 0 spiro atoms. The fourth-order valence-electron chi connectivity index (χ4n) is 3.03. The zero-order valence-corrected chi connectivity index (χ0v) is 12.9. The van der Waals surface area contributed by atoms with Crippen LogP contribution in [0.4, 0.5) is 0 Å². The van der Waals surface area contributed by atoms with Gasteiger partial charge in [0.25, 0.3) is 5.91 Å². The molecular weight excluding hydrogens is 292 g/mol. The maximum absolute atomic E-state index is 12.3. The van der Waals surface area contributed by atoms with Crippen molar-refractivity contribution in [3.8, 4) is 0 Å². The molecule has 2 aromatic rings. The minimum atomic E-state index is -0.134. The summed E-state index contributed by atoms with van der Waals surface area (Å²) in [5.41, 5.74) is 1.46. The molecule has 4 rings (SSSR count). The lowest BCUT2D eigenvalue weighted by Crippen LogP contribution is -2.37. The van der Waals surface area contributed by atoms with Gasteiger partial charge in [0.2, 0.25) is 0 Å². The average molecular weight is 312 g/mol. The molecular formula is C17H20N4O2. The van der Waals surface area contributed by atoms with Crippen LogP contribution in [0.2, 0.25) is 0 Å². The summed E-state index contributed by atoms with van der Waals surface area (Å²) >= 11 is 0. The lowest BCUT2D eigenvalue weighted by atomic mass is 10.2. The van der Waals surface area contributed by atoms with Crippen LogP contribution >= 0.6 is 0 Å². The zero-order chi connectivity index (χ0) is 15.6. The molecule has 6 heteroatoms. The summed E-state index contributed by atoms with van der Waals surface area (Å²) in [6.45, 7) is 2.63. The molecule has 1 aliphatic heterocycles. The predicted molar refractivity (Wildman–Crippen MR) is 83.9 cm³/mol. The highest BCUT2D eigenvalue weighted by molar-refractivity contribution is 5.92. The first-order chi connectivity index (χ1) is 11.3. The molecule has 0 radical (unpaired) electrons. The number of carbonyl (C=O) groups is 1. The quantitative estimate of drug-likeness (QED) is 0.913. The molecule has 2 fully saturated rings. The van der Waals surface area contributed by atoms with Gasteiger partial charge in [0.15, 0.2) is 5.69 Å². The van der Waals surface area contributed by atoms with Crippen LogP contribution in [0.15, 0.2) is 35.0 Å². The Morgan fingerprint density at radius 3 is 3.04 bits per heavy atom. The molecule has 2 aliphatic rings. The van der Waals surface area contributed by atoms with Crippen molar-refractivity contribution < 1.29 is 9.32 Å². The van der Waals surface area contributed by atoms with E-state index in [1.54, 1.807) is 6.07 Å². The van der Waals surface area contributed by atoms with Gasteiger partial charge in [-0.3, -0.25) is 14.7 Å². The maximum atomic E-state index is 12.3. The summed E-state index contributed by atoms with van der Waals surface area (Å²) in [7, 11) is 0. The predicted octanol–water partition coefficient (Wildman–Crippen LogP) is 1.95. The normalized spacial score (nSPS) is 21.5. The Bertz CT molecular complexity index is 681. The molecule has 1 aliphatic carbocycles. The van der Waals surface area contributed by atoms with Crippen LogP contribution in [0.3, 0.4) is 0 Å². The molecule has 1 amide bonds. The van der Waals surface area contributed by atoms with Gasteiger partial charge in [-0.1, -0.05) is 11.2 Å². The third-order valence-electron chi connectivity index (χ3n) is 4.46. The van der Waals surface area contributed by atoms with Crippen molar-refractivity contribution in [1.82, 2.24) is 20.4 Å². The largest absolute Gasteiger partial charge is 0.360 e. The van der Waals surface area contributed by atoms with Crippen molar-refractivity contribution in [1.29, 1.82) is 0 Å². The Morgan fingerprint density at radius 2 is 2.26 bits per heavy atom. The highest BCUT2D eigenvalue weighted by Crippen LogP contribution is 2.40. The summed E-state index contributed by atoms with van der Waals surface area (Å²) in [5.74, 6) is 1.19. The molecule has 1 unspecified atom stereocenters. The second kappa shape index (κ2) is 6.12. The number of carbonyl (C=O) groups excluding carboxylic acids is 1. The van der Waals surface area contributed by atoms with E-state index in [9.17, 15) is 4.79 Å². The van der Waals surface area contributed by atoms with E-state index in [2.05, 4.69) is 20.4 Å². The molecule has 0 bridgehead atoms. The van der Waals surface area contributed by atoms with Gasteiger partial charge in [0.05, 0.1) is 5.69 Å². The van der Waals surface area contributed by atoms with Crippen LogP contribution < -0.4 is 5.32 Å². The Labute approximate surface area is 134 Å². The number of pyridine rings is 1. The molecule has 2 aromatic heterocycles. The van der Waals surface area contributed by atoms with Crippen molar-refractivity contribution in [2.45, 2.75) is 37.8 Å². The zero-order valence-electron chi connectivity index (χ0n) is 12.9. The van der Waals surface area contributed by atoms with E-state index in [1.807, 2.05) is 24.4 Å². The first-order valence-corrected chi connectivity index (χ1v) is 8.17. The highest BCUT2D eigenvalue weighted by atomic mass is 16.5. The lowest BCUT2D eigenvalue weighted by Gasteiger charge is -2.15. The third-order valence-corrected chi connectivity index (χ3v) is 4.46. The molecule has 120 valence electrons. The number of hydrogen-bond acceptors (Lipinski definition) is 5. The fraction of sp³-hybridized carbons (Fsp3) is 0.471. The van der Waals surface area contributed by atoms with Crippen LogP contribution in [0.25, 0.3) is 0 Å². The van der Waals surface area contributed by atoms with E-state index in [0.29, 0.717) is 11.6 Å². The standard InChI is InChI=1S/C17H20N4O2/c22-17(15-9-16(23-20-15)12-4-5-12)19-14-6-8-21(11-14)10-13-3-1-2-7-18-13/h1-3,7,9,12,14H,4-6,8,10-11H2,(H,19,22). The molecule has 1 saturated heterocycles. The van der Waals surface area contributed by atoms with Gasteiger partial charge in [0, 0.05) is 43.9 Å². The number of amides is 1. The van der Waals surface area contributed by atoms with Crippen molar-refractivity contribution in [3.63, 3.8) is 0 Å². The van der Waals surface area contributed by atoms with Crippen LogP contribution in [0.5, 0.6) is 0 Å². The summed E-state index contributed by atoms with van der Waals surface area (Å²) in [6.07, 6.45) is 5.04. The van der Waals surface area contributed by atoms with Gasteiger partial charge in [-0.05, 0) is 31.4 Å². The van der Waals surface area contributed by atoms with Gasteiger partial charge in [-0.2, -0.15) is 0 Å². The fourth-order valence-corrected chi connectivity index (χ4v) is 3.03. The molecule has 1 N–H and O–H groups in total. The minimum Gasteiger partial charge on any atom is -0.360 e. The van der Waals surface area contributed by atoms with E-state index in [1.165, 1.54) is 0 Å². The maximum Gasteiger partial charge on any atom is 0.273 e. The second-order valence-electron chi connectivity index (χ2n) is 6.40. The van der Waals surface area contributed by atoms with Crippen LogP contribution in [-0.4, -0.2) is 40.1 Å². The van der Waals surface area contributed by atoms with Crippen molar-refractivity contribution in [3.05, 3.63) is 47.6 Å². The Hall–Kier alpha value is -2.21. The highest BCUT2D eigenvalue weighted by Gasteiger charge is 2.30. The average Bonchev–Trinajstić information content (AvgIpc) is 3.13. The Kier molecular flexibility index (Phi) is 3.83. The van der Waals surface area contributed by atoms with Crippen LogP contribution in [-0.2, 0) is 6.54 Å². The van der Waals surface area contributed by atoms with E-state index in [-0.39, 0.29) is 11.9 Å². The minimum absolute atomic E-state index is 0.134. The summed E-state index contributed by atoms with van der Waals surface area (Å²) in [6, 6.07) is 7.89. The van der Waals surface area contributed by atoms with E-state index < -0.39 is 0 Å². The van der Waals surface area contributed by atoms with Gasteiger partial charge in [-0.25, -0.2) is 0 Å². The number of aromatic nitrogens is 2. The van der Waals surface area contributed by atoms with Crippen molar-refractivity contribution in [2.75, 3.05) is 13.1 Å². The second-order valence-corrected chi connectivity index (χ2v) is 6.40. The first kappa shape index (κ1) is 14.4. The molecule has 3 heterocycles. The van der Waals surface area contributed by atoms with E-state index in [4.69, 9.17) is 4.52 Å². The van der Waals surface area contributed by atoms with E-state index in [0.717, 1.165) is 50.4 Å². The Morgan fingerprint density at radius 1 is 1.35 bits per heavy atom. The van der Waals surface area contributed by atoms with Gasteiger partial charge in [-0.15, -0.1) is 0 Å². The lowest BCUT2D eigenvalue weighted by molar-refractivity contribution is 0.0928. The van der Waals surface area contributed by atoms with Crippen LogP contribution in [0, 0.1) is 0 Å². The Balaban J connectivity index is 1.30. The number of likely N-dealkylation sites (tertiary alicyclic amines) is 1. The van der Waals surface area contributed by atoms with Crippen molar-refractivity contribution >= 4 is 5.91 Å². The number of rotatable bonds is 5. The molecule has 6 nitrogen and oxygen atoms in total. The number of hydrogen-bond donors (Lipinski definition) is 1. The molecule has 1 saturated carbocycles. The topological polar surface area (TPSA) is 71.3 Å². The van der Waals surface area contributed by atoms with Gasteiger partial charge < -0.3 is 9.84 Å². The molecule has 1 atom stereocenters. The SMILES string of the molecule is O=C(NC1CCN(Cc2ccccn2)C1)c1cc(C2CC2)on1. The van der Waals surface area contributed by atoms with Crippen molar-refractivity contribution in [2.24, 2.45) is 0 Å². The smallest absolute Gasteiger partial charge is 0.273 e. The summed E-state index contributed by atoms with van der Waals surface area (Å²) < 4.78 is 5.24. The summed E-state index contributed by atoms with van der Waals surface area (Å²) in [4.78, 5) is 18.9. The molecule has 23 heavy (non-hydrogen) atoms. The molecule has 0 aromatic carbocycles. The van der Waals surface area contributed by atoms with E-state index >= 15 is 0 Å². The number of nitrogens with one attached hydrogen (secondary N) is 1. The number of nitrogens with zero attached hydrogens (tertiary/aromatic N) is 3. The first-order valence-electron chi connectivity index (χ1n) is 8.17. The van der Waals surface area contributed by atoms with Gasteiger partial charge in [0.1, 0.15) is 5.76 Å². The monoisotopic (exact) mass is 312 g/mol. The third kappa shape index (κ3) is 3.42. The summed E-state index contributed by atoms with van der Waals surface area (Å²) in [5, 5.41) is 6.96. The van der Waals surface area contributed by atoms with Crippen LogP contribution in [0.1, 0.15) is 47.1 Å². The van der Waals surface area contributed by atoms with Gasteiger partial charge >= 0.3 is 0 Å².